The molecular formula is C13H15N5O3S. The van der Waals surface area contributed by atoms with Crippen LogP contribution in [0.15, 0.2) is 28.0 Å². The van der Waals surface area contributed by atoms with Crippen LogP contribution in [0.1, 0.15) is 6.92 Å². The molecule has 2 aromatic heterocycles. The lowest BCUT2D eigenvalue weighted by atomic mass is 10.4. The van der Waals surface area contributed by atoms with Gasteiger partial charge >= 0.3 is 6.03 Å². The van der Waals surface area contributed by atoms with Gasteiger partial charge in [-0.15, -0.1) is 10.2 Å². The van der Waals surface area contributed by atoms with E-state index in [0.29, 0.717) is 29.8 Å². The Morgan fingerprint density at radius 1 is 1.50 bits per heavy atom. The van der Waals surface area contributed by atoms with Crippen molar-refractivity contribution in [1.82, 2.24) is 25.0 Å². The molecule has 3 amide bonds. The van der Waals surface area contributed by atoms with E-state index in [9.17, 15) is 9.59 Å². The molecule has 0 saturated carbocycles. The van der Waals surface area contributed by atoms with Crippen LogP contribution in [0.3, 0.4) is 0 Å². The number of furan rings is 1. The first-order valence-corrected chi connectivity index (χ1v) is 7.65. The van der Waals surface area contributed by atoms with Crippen molar-refractivity contribution in [2.24, 2.45) is 7.05 Å². The van der Waals surface area contributed by atoms with Gasteiger partial charge in [-0.1, -0.05) is 11.8 Å². The van der Waals surface area contributed by atoms with Crippen LogP contribution in [0, 0.1) is 0 Å². The van der Waals surface area contributed by atoms with Crippen LogP contribution >= 0.6 is 11.8 Å². The number of rotatable bonds is 4. The van der Waals surface area contributed by atoms with Crippen molar-refractivity contribution in [3.05, 3.63) is 18.4 Å². The predicted octanol–water partition coefficient (Wildman–Crippen LogP) is 1.11. The van der Waals surface area contributed by atoms with Gasteiger partial charge in [-0.05, 0) is 19.1 Å². The minimum atomic E-state index is -0.434. The molecule has 3 rings (SSSR count). The van der Waals surface area contributed by atoms with E-state index >= 15 is 0 Å². The lowest BCUT2D eigenvalue weighted by Gasteiger charge is -2.16. The van der Waals surface area contributed by atoms with E-state index in [4.69, 9.17) is 4.42 Å². The average Bonchev–Trinajstić information content (AvgIpc) is 3.21. The molecule has 3 heterocycles. The zero-order valence-corrected chi connectivity index (χ0v) is 13.0. The Balaban J connectivity index is 1.73. The zero-order valence-electron chi connectivity index (χ0n) is 12.1. The van der Waals surface area contributed by atoms with Crippen LogP contribution in [0.5, 0.6) is 0 Å². The van der Waals surface area contributed by atoms with Gasteiger partial charge in [-0.2, -0.15) is 0 Å². The number of nitrogens with zero attached hydrogens (tertiary/aromatic N) is 4. The van der Waals surface area contributed by atoms with Crippen LogP contribution in [0.4, 0.5) is 4.79 Å². The topological polar surface area (TPSA) is 93.3 Å². The van der Waals surface area contributed by atoms with Crippen molar-refractivity contribution < 1.29 is 14.0 Å². The van der Waals surface area contributed by atoms with E-state index < -0.39 is 5.25 Å². The second kappa shape index (κ2) is 5.84. The molecule has 0 radical (unpaired) electrons. The lowest BCUT2D eigenvalue weighted by Crippen LogP contribution is -2.39. The van der Waals surface area contributed by atoms with Crippen molar-refractivity contribution in [3.8, 4) is 11.6 Å². The molecule has 0 spiro atoms. The minimum Gasteiger partial charge on any atom is -0.461 e. The van der Waals surface area contributed by atoms with Gasteiger partial charge in [-0.3, -0.25) is 9.69 Å². The second-order valence-corrected chi connectivity index (χ2v) is 6.13. The van der Waals surface area contributed by atoms with Gasteiger partial charge in [-0.25, -0.2) is 4.79 Å². The van der Waals surface area contributed by atoms with Crippen molar-refractivity contribution in [2.45, 2.75) is 17.3 Å². The third kappa shape index (κ3) is 2.59. The summed E-state index contributed by atoms with van der Waals surface area (Å²) < 4.78 is 7.06. The fourth-order valence-corrected chi connectivity index (χ4v) is 3.02. The third-order valence-corrected chi connectivity index (χ3v) is 4.45. The summed E-state index contributed by atoms with van der Waals surface area (Å²) in [6.45, 7) is 2.65. The Hall–Kier alpha value is -2.29. The molecule has 2 aromatic rings. The monoisotopic (exact) mass is 321 g/mol. The van der Waals surface area contributed by atoms with E-state index in [1.807, 2.05) is 0 Å². The van der Waals surface area contributed by atoms with Gasteiger partial charge < -0.3 is 14.3 Å². The normalized spacial score (nSPS) is 15.9. The molecule has 9 heteroatoms. The molecule has 1 aliphatic rings. The summed E-state index contributed by atoms with van der Waals surface area (Å²) in [7, 11) is 1.81. The molecule has 1 atom stereocenters. The van der Waals surface area contributed by atoms with Crippen molar-refractivity contribution in [1.29, 1.82) is 0 Å². The number of carbonyl (C=O) groups is 2. The number of hydrogen-bond acceptors (Lipinski definition) is 6. The highest BCUT2D eigenvalue weighted by molar-refractivity contribution is 8.00. The van der Waals surface area contributed by atoms with Crippen LogP contribution in [-0.4, -0.2) is 49.9 Å². The average molecular weight is 321 g/mol. The highest BCUT2D eigenvalue weighted by Gasteiger charge is 2.31. The molecule has 1 N–H and O–H groups in total. The smallest absolute Gasteiger partial charge is 0.324 e. The van der Waals surface area contributed by atoms with Crippen molar-refractivity contribution in [2.75, 3.05) is 13.1 Å². The number of aromatic nitrogens is 3. The van der Waals surface area contributed by atoms with Gasteiger partial charge in [0, 0.05) is 20.1 Å². The Morgan fingerprint density at radius 3 is 2.95 bits per heavy atom. The summed E-state index contributed by atoms with van der Waals surface area (Å²) in [5, 5.41) is 10.9. The van der Waals surface area contributed by atoms with Crippen molar-refractivity contribution >= 4 is 23.7 Å². The Bertz CT molecular complexity index is 697. The number of hydrogen-bond donors (Lipinski definition) is 1. The van der Waals surface area contributed by atoms with E-state index in [-0.39, 0.29) is 11.9 Å². The van der Waals surface area contributed by atoms with Crippen LogP contribution in [0.25, 0.3) is 11.6 Å². The fourth-order valence-electron chi connectivity index (χ4n) is 2.15. The molecule has 0 aliphatic carbocycles. The summed E-state index contributed by atoms with van der Waals surface area (Å²) in [5.74, 6) is 0.966. The van der Waals surface area contributed by atoms with Gasteiger partial charge in [0.25, 0.3) is 0 Å². The quantitative estimate of drug-likeness (QED) is 0.848. The molecule has 8 nitrogen and oxygen atoms in total. The summed E-state index contributed by atoms with van der Waals surface area (Å²) in [5.41, 5.74) is 0. The van der Waals surface area contributed by atoms with Gasteiger partial charge in [0.05, 0.1) is 11.5 Å². The Kier molecular flexibility index (Phi) is 3.88. The van der Waals surface area contributed by atoms with Gasteiger partial charge in [0.2, 0.25) is 5.91 Å². The summed E-state index contributed by atoms with van der Waals surface area (Å²) in [4.78, 5) is 25.0. The first-order valence-electron chi connectivity index (χ1n) is 6.77. The van der Waals surface area contributed by atoms with Crippen LogP contribution < -0.4 is 5.32 Å². The highest BCUT2D eigenvalue weighted by Crippen LogP contribution is 2.26. The number of imide groups is 1. The number of amides is 3. The van der Waals surface area contributed by atoms with Crippen LogP contribution in [-0.2, 0) is 11.8 Å². The SMILES string of the molecule is C[C@H](Sc1nnc(-c2ccco2)n1C)C(=O)N1CCNC1=O. The summed E-state index contributed by atoms with van der Waals surface area (Å²) in [6, 6.07) is 3.23. The van der Waals surface area contributed by atoms with Gasteiger partial charge in [0.1, 0.15) is 0 Å². The standard InChI is InChI=1S/C13H15N5O3S/c1-8(11(19)18-6-5-14-12(18)20)22-13-16-15-10(17(13)2)9-4-3-7-21-9/h3-4,7-8H,5-6H2,1-2H3,(H,14,20)/t8-/m0/s1. The minimum absolute atomic E-state index is 0.234. The highest BCUT2D eigenvalue weighted by atomic mass is 32.2. The molecule has 0 bridgehead atoms. The van der Waals surface area contributed by atoms with E-state index in [0.717, 1.165) is 0 Å². The molecule has 1 saturated heterocycles. The first-order chi connectivity index (χ1) is 10.6. The molecule has 1 aliphatic heterocycles. The second-order valence-electron chi connectivity index (χ2n) is 4.82. The maximum Gasteiger partial charge on any atom is 0.324 e. The number of thioether (sulfide) groups is 1. The zero-order chi connectivity index (χ0) is 15.7. The molecule has 1 fully saturated rings. The maximum atomic E-state index is 12.3. The maximum absolute atomic E-state index is 12.3. The third-order valence-electron chi connectivity index (χ3n) is 3.33. The van der Waals surface area contributed by atoms with E-state index in [2.05, 4.69) is 15.5 Å². The number of urea groups is 1. The summed E-state index contributed by atoms with van der Waals surface area (Å²) >= 11 is 1.26. The largest absolute Gasteiger partial charge is 0.461 e. The number of nitrogens with one attached hydrogen (secondary N) is 1. The molecule has 0 unspecified atom stereocenters. The molecule has 22 heavy (non-hydrogen) atoms. The Labute approximate surface area is 130 Å². The van der Waals surface area contributed by atoms with Crippen LogP contribution in [0.2, 0.25) is 0 Å². The summed E-state index contributed by atoms with van der Waals surface area (Å²) in [6.07, 6.45) is 1.56. The van der Waals surface area contributed by atoms with E-state index in [1.165, 1.54) is 16.7 Å². The Morgan fingerprint density at radius 2 is 2.32 bits per heavy atom. The van der Waals surface area contributed by atoms with E-state index in [1.54, 1.807) is 36.9 Å². The fraction of sp³-hybridized carbons (Fsp3) is 0.385. The lowest BCUT2D eigenvalue weighted by molar-refractivity contribution is -0.126. The number of carbonyl (C=O) groups excluding carboxylic acids is 2. The van der Waals surface area contributed by atoms with Crippen molar-refractivity contribution in [3.63, 3.8) is 0 Å². The molecule has 0 aromatic carbocycles. The molecule has 116 valence electrons. The predicted molar refractivity (Wildman–Crippen MR) is 79.1 cm³/mol. The van der Waals surface area contributed by atoms with Gasteiger partial charge in [0.15, 0.2) is 16.7 Å². The molecular weight excluding hydrogens is 306 g/mol. The first kappa shape index (κ1) is 14.6.